The van der Waals surface area contributed by atoms with Crippen molar-refractivity contribution >= 4 is 33.1 Å². The van der Waals surface area contributed by atoms with Crippen LogP contribution in [0.4, 0.5) is 10.1 Å². The second-order valence-corrected chi connectivity index (χ2v) is 3.73. The van der Waals surface area contributed by atoms with Crippen LogP contribution in [0.15, 0.2) is 17.5 Å². The van der Waals surface area contributed by atoms with Crippen LogP contribution in [0.3, 0.4) is 0 Å². The second-order valence-electron chi connectivity index (χ2n) is 2.82. The monoisotopic (exact) mass is 211 g/mol. The Morgan fingerprint density at radius 3 is 2.86 bits per heavy atom. The van der Waals surface area contributed by atoms with Gasteiger partial charge in [0.2, 0.25) is 0 Å². The fraction of sp³-hybridized carbons (Fsp3) is 0. The van der Waals surface area contributed by atoms with Crippen molar-refractivity contribution in [2.24, 2.45) is 0 Å². The number of benzene rings is 1. The second kappa shape index (κ2) is 2.95. The minimum atomic E-state index is -1.05. The van der Waals surface area contributed by atoms with Crippen LogP contribution in [0.1, 0.15) is 10.4 Å². The van der Waals surface area contributed by atoms with Crippen LogP contribution >= 0.6 is 11.3 Å². The van der Waals surface area contributed by atoms with Gasteiger partial charge < -0.3 is 10.8 Å². The van der Waals surface area contributed by atoms with Crippen molar-refractivity contribution in [3.05, 3.63) is 28.9 Å². The van der Waals surface area contributed by atoms with Crippen LogP contribution in [0.25, 0.3) is 10.1 Å². The first-order valence-corrected chi connectivity index (χ1v) is 4.67. The Hall–Kier alpha value is -1.62. The molecule has 0 atom stereocenters. The van der Waals surface area contributed by atoms with Crippen molar-refractivity contribution in [1.29, 1.82) is 0 Å². The highest BCUT2D eigenvalue weighted by atomic mass is 32.1. The molecule has 0 amide bonds. The third-order valence-corrected chi connectivity index (χ3v) is 2.83. The first-order valence-electron chi connectivity index (χ1n) is 3.79. The summed E-state index contributed by atoms with van der Waals surface area (Å²) in [5, 5.41) is 10.7. The van der Waals surface area contributed by atoms with Crippen LogP contribution in [0.5, 0.6) is 0 Å². The molecule has 14 heavy (non-hydrogen) atoms. The van der Waals surface area contributed by atoms with E-state index in [2.05, 4.69) is 0 Å². The van der Waals surface area contributed by atoms with Gasteiger partial charge in [-0.1, -0.05) is 0 Å². The average Bonchev–Trinajstić information content (AvgIpc) is 2.47. The highest BCUT2D eigenvalue weighted by Crippen LogP contribution is 2.31. The molecule has 2 rings (SSSR count). The van der Waals surface area contributed by atoms with Gasteiger partial charge in [-0.25, -0.2) is 9.18 Å². The molecule has 0 bridgehead atoms. The Morgan fingerprint density at radius 2 is 2.21 bits per heavy atom. The molecule has 0 saturated heterocycles. The summed E-state index contributed by atoms with van der Waals surface area (Å²) in [7, 11) is 0. The molecule has 5 heteroatoms. The summed E-state index contributed by atoms with van der Waals surface area (Å²) >= 11 is 1.17. The molecule has 0 radical (unpaired) electrons. The Bertz CT molecular complexity index is 521. The molecule has 0 aliphatic carbocycles. The zero-order valence-electron chi connectivity index (χ0n) is 6.95. The fourth-order valence-corrected chi connectivity index (χ4v) is 2.31. The standard InChI is InChI=1S/C9H6FNO2S/c10-4-1-6(11)8-5(9(12)13)3-14-7(8)2-4/h1-3H,11H2,(H,12,13). The summed E-state index contributed by atoms with van der Waals surface area (Å²) < 4.78 is 13.4. The number of nitrogens with two attached hydrogens (primary N) is 1. The maximum absolute atomic E-state index is 12.9. The van der Waals surface area contributed by atoms with Crippen molar-refractivity contribution in [1.82, 2.24) is 0 Å². The Balaban J connectivity index is 2.85. The highest BCUT2D eigenvalue weighted by Gasteiger charge is 2.13. The molecule has 0 spiro atoms. The Labute approximate surface area is 82.6 Å². The fourth-order valence-electron chi connectivity index (χ4n) is 1.32. The predicted octanol–water partition coefficient (Wildman–Crippen LogP) is 2.32. The number of anilines is 1. The summed E-state index contributed by atoms with van der Waals surface area (Å²) in [6, 6.07) is 2.41. The molecule has 2 aromatic rings. The lowest BCUT2D eigenvalue weighted by atomic mass is 10.1. The summed E-state index contributed by atoms with van der Waals surface area (Å²) in [6.45, 7) is 0. The van der Waals surface area contributed by atoms with Crippen LogP contribution in [-0.2, 0) is 0 Å². The molecule has 72 valence electrons. The average molecular weight is 211 g/mol. The van der Waals surface area contributed by atoms with E-state index in [1.54, 1.807) is 0 Å². The number of carboxylic acids is 1. The Kier molecular flexibility index (Phi) is 1.89. The molecule has 0 saturated carbocycles. The van der Waals surface area contributed by atoms with E-state index in [4.69, 9.17) is 10.8 Å². The largest absolute Gasteiger partial charge is 0.478 e. The van der Waals surface area contributed by atoms with Gasteiger partial charge in [0.25, 0.3) is 0 Å². The first-order chi connectivity index (χ1) is 6.59. The zero-order chi connectivity index (χ0) is 10.3. The van der Waals surface area contributed by atoms with Crippen LogP contribution in [0.2, 0.25) is 0 Å². The number of thiophene rings is 1. The van der Waals surface area contributed by atoms with Crippen molar-refractivity contribution in [3.8, 4) is 0 Å². The van der Waals surface area contributed by atoms with Gasteiger partial charge in [0.15, 0.2) is 0 Å². The van der Waals surface area contributed by atoms with Crippen LogP contribution < -0.4 is 5.73 Å². The quantitative estimate of drug-likeness (QED) is 0.711. The maximum Gasteiger partial charge on any atom is 0.337 e. The van der Waals surface area contributed by atoms with Crippen molar-refractivity contribution in [2.45, 2.75) is 0 Å². The number of hydrogen-bond donors (Lipinski definition) is 2. The number of hydrogen-bond acceptors (Lipinski definition) is 3. The lowest BCUT2D eigenvalue weighted by Crippen LogP contribution is -1.96. The molecule has 3 N–H and O–H groups in total. The zero-order valence-corrected chi connectivity index (χ0v) is 7.77. The molecule has 1 aromatic heterocycles. The minimum absolute atomic E-state index is 0.127. The van der Waals surface area contributed by atoms with Gasteiger partial charge in [-0.05, 0) is 12.1 Å². The topological polar surface area (TPSA) is 63.3 Å². The molecule has 0 unspecified atom stereocenters. The summed E-state index contributed by atoms with van der Waals surface area (Å²) in [5.74, 6) is -1.50. The van der Waals surface area contributed by atoms with Crippen molar-refractivity contribution in [2.75, 3.05) is 5.73 Å². The van der Waals surface area contributed by atoms with E-state index < -0.39 is 11.8 Å². The van der Waals surface area contributed by atoms with Crippen LogP contribution in [-0.4, -0.2) is 11.1 Å². The maximum atomic E-state index is 12.9. The van der Waals surface area contributed by atoms with E-state index in [9.17, 15) is 9.18 Å². The SMILES string of the molecule is Nc1cc(F)cc2scc(C(=O)O)c12. The normalized spacial score (nSPS) is 10.6. The van der Waals surface area contributed by atoms with E-state index in [1.807, 2.05) is 0 Å². The summed E-state index contributed by atoms with van der Waals surface area (Å²) in [6.07, 6.45) is 0. The van der Waals surface area contributed by atoms with E-state index >= 15 is 0 Å². The minimum Gasteiger partial charge on any atom is -0.478 e. The molecule has 0 fully saturated rings. The number of aromatic carboxylic acids is 1. The first kappa shape index (κ1) is 8.96. The number of fused-ring (bicyclic) bond motifs is 1. The molecule has 0 aliphatic heterocycles. The third-order valence-electron chi connectivity index (χ3n) is 1.90. The van der Waals surface area contributed by atoms with Gasteiger partial charge in [-0.3, -0.25) is 0 Å². The van der Waals surface area contributed by atoms with E-state index in [0.717, 1.165) is 6.07 Å². The Morgan fingerprint density at radius 1 is 1.50 bits per heavy atom. The smallest absolute Gasteiger partial charge is 0.337 e. The number of carboxylic acid groups (broad SMARTS) is 1. The van der Waals surface area contributed by atoms with Gasteiger partial charge >= 0.3 is 5.97 Å². The third kappa shape index (κ3) is 1.22. The predicted molar refractivity (Wildman–Crippen MR) is 53.2 cm³/mol. The summed E-state index contributed by atoms with van der Waals surface area (Å²) in [4.78, 5) is 10.8. The molecule has 0 aliphatic rings. The van der Waals surface area contributed by atoms with Gasteiger partial charge in [0.1, 0.15) is 5.82 Å². The van der Waals surface area contributed by atoms with Gasteiger partial charge in [0, 0.05) is 21.2 Å². The number of carbonyl (C=O) groups is 1. The molecule has 1 heterocycles. The highest BCUT2D eigenvalue weighted by molar-refractivity contribution is 7.17. The number of nitrogen functional groups attached to an aromatic ring is 1. The molecule has 1 aromatic carbocycles. The van der Waals surface area contributed by atoms with Gasteiger partial charge in [-0.15, -0.1) is 11.3 Å². The van der Waals surface area contributed by atoms with Crippen molar-refractivity contribution in [3.63, 3.8) is 0 Å². The molecular weight excluding hydrogens is 205 g/mol. The van der Waals surface area contributed by atoms with E-state index in [-0.39, 0.29) is 11.3 Å². The van der Waals surface area contributed by atoms with Gasteiger partial charge in [0.05, 0.1) is 5.56 Å². The lowest BCUT2D eigenvalue weighted by molar-refractivity contribution is 0.0699. The van der Waals surface area contributed by atoms with E-state index in [1.165, 1.54) is 22.8 Å². The number of halogens is 1. The van der Waals surface area contributed by atoms with E-state index in [0.29, 0.717) is 10.1 Å². The van der Waals surface area contributed by atoms with Crippen LogP contribution in [0, 0.1) is 5.82 Å². The molecular formula is C9H6FNO2S. The summed E-state index contributed by atoms with van der Waals surface area (Å²) in [5.41, 5.74) is 5.84. The lowest BCUT2D eigenvalue weighted by Gasteiger charge is -1.98. The van der Waals surface area contributed by atoms with Crippen molar-refractivity contribution < 1.29 is 14.3 Å². The molecule has 3 nitrogen and oxygen atoms in total. The van der Waals surface area contributed by atoms with Gasteiger partial charge in [-0.2, -0.15) is 0 Å². The number of rotatable bonds is 1.